The lowest BCUT2D eigenvalue weighted by Crippen LogP contribution is -2.60. The van der Waals surface area contributed by atoms with E-state index in [1.54, 1.807) is 20.8 Å². The molecule has 0 bridgehead atoms. The molecule has 11 heteroatoms. The Balaban J connectivity index is 1.77. The van der Waals surface area contributed by atoms with Gasteiger partial charge in [0.15, 0.2) is 5.56 Å². The van der Waals surface area contributed by atoms with Gasteiger partial charge < -0.3 is 14.4 Å². The quantitative estimate of drug-likeness (QED) is 0.288. The first-order valence-corrected chi connectivity index (χ1v) is 11.7. The first-order chi connectivity index (χ1) is 15.6. The van der Waals surface area contributed by atoms with Gasteiger partial charge in [0.1, 0.15) is 18.2 Å². The molecule has 0 N–H and O–H groups in total. The minimum Gasteiger partial charge on any atom is -0.444 e. The summed E-state index contributed by atoms with van der Waals surface area (Å²) < 4.78 is 10.9. The molecule has 0 aliphatic carbocycles. The van der Waals surface area contributed by atoms with Gasteiger partial charge in [-0.05, 0) is 50.8 Å². The largest absolute Gasteiger partial charge is 0.444 e. The number of halogens is 1. The lowest BCUT2D eigenvalue weighted by Gasteiger charge is -2.42. The van der Waals surface area contributed by atoms with Crippen molar-refractivity contribution in [3.05, 3.63) is 35.9 Å². The lowest BCUT2D eigenvalue weighted by atomic mass is 9.97. The Morgan fingerprint density at radius 1 is 1.18 bits per heavy atom. The molecule has 1 aromatic rings. The Hall–Kier alpha value is -2.01. The van der Waals surface area contributed by atoms with Crippen molar-refractivity contribution in [2.75, 3.05) is 19.7 Å². The molecular weight excluding hydrogens is 470 g/mol. The summed E-state index contributed by atoms with van der Waals surface area (Å²) >= 11 is 10.1. The Morgan fingerprint density at radius 3 is 2.45 bits per heavy atom. The molecule has 2 heterocycles. The van der Waals surface area contributed by atoms with Crippen molar-refractivity contribution in [2.45, 2.75) is 63.5 Å². The second-order valence-corrected chi connectivity index (χ2v) is 9.71. The van der Waals surface area contributed by atoms with Crippen LogP contribution in [-0.4, -0.2) is 75.2 Å². The zero-order valence-corrected chi connectivity index (χ0v) is 20.6. The minimum atomic E-state index is -0.798. The fourth-order valence-corrected chi connectivity index (χ4v) is 4.33. The van der Waals surface area contributed by atoms with Gasteiger partial charge in [0.2, 0.25) is 5.91 Å². The summed E-state index contributed by atoms with van der Waals surface area (Å²) in [4.78, 5) is 47.0. The number of benzene rings is 1. The summed E-state index contributed by atoms with van der Waals surface area (Å²) in [5, 5.41) is 0.278. The third kappa shape index (κ3) is 6.75. The molecule has 1 unspecified atom stereocenters. The first-order valence-electron chi connectivity index (χ1n) is 10.8. The Labute approximate surface area is 204 Å². The number of amides is 3. The number of carbonyl (C=O) groups excluding carboxylic acids is 3. The standard InChI is InChI=1S/C22H30ClN3O6S/c1-22(2,3)32-20(29)25-13-16(9-10-17(25)18(27)24-11-12-30-21(24)33)26(19(23)28)31-14-15-7-5-4-6-8-15/h4-8,16-17,21,33H,9-14H2,1-3H3/t16-,17+,21?/m1/s1. The van der Waals surface area contributed by atoms with E-state index in [0.717, 1.165) is 10.6 Å². The number of likely N-dealkylation sites (tertiary alicyclic amines) is 1. The Kier molecular flexibility index (Phi) is 8.49. The number of hydroxylamine groups is 2. The molecule has 9 nitrogen and oxygen atoms in total. The number of carbonyl (C=O) groups is 3. The minimum absolute atomic E-state index is 0.0322. The van der Waals surface area contributed by atoms with Gasteiger partial charge in [-0.25, -0.2) is 9.86 Å². The van der Waals surface area contributed by atoms with Gasteiger partial charge in [-0.3, -0.25) is 19.3 Å². The predicted molar refractivity (Wildman–Crippen MR) is 125 cm³/mol. The molecule has 0 radical (unpaired) electrons. The van der Waals surface area contributed by atoms with Crippen LogP contribution in [0.3, 0.4) is 0 Å². The number of rotatable bonds is 5. The van der Waals surface area contributed by atoms with Crippen molar-refractivity contribution in [3.8, 4) is 0 Å². The van der Waals surface area contributed by atoms with Crippen LogP contribution in [0.2, 0.25) is 0 Å². The van der Waals surface area contributed by atoms with E-state index in [0.29, 0.717) is 26.0 Å². The average Bonchev–Trinajstić information content (AvgIpc) is 3.18. The summed E-state index contributed by atoms with van der Waals surface area (Å²) in [6.07, 6.45) is 0.0655. The summed E-state index contributed by atoms with van der Waals surface area (Å²) in [7, 11) is 0. The third-order valence-corrected chi connectivity index (χ3v) is 5.93. The van der Waals surface area contributed by atoms with E-state index in [1.807, 2.05) is 30.3 Å². The fraction of sp³-hybridized carbons (Fsp3) is 0.591. The number of thiol groups is 1. The van der Waals surface area contributed by atoms with E-state index < -0.39 is 34.7 Å². The van der Waals surface area contributed by atoms with E-state index in [4.69, 9.17) is 25.9 Å². The molecule has 2 saturated heterocycles. The maximum absolute atomic E-state index is 13.2. The molecule has 0 spiro atoms. The highest BCUT2D eigenvalue weighted by atomic mass is 35.5. The molecule has 2 aliphatic rings. The molecule has 0 saturated carbocycles. The highest BCUT2D eigenvalue weighted by molar-refractivity contribution is 7.80. The second kappa shape index (κ2) is 10.9. The van der Waals surface area contributed by atoms with Crippen LogP contribution in [0.1, 0.15) is 39.2 Å². The first kappa shape index (κ1) is 25.6. The van der Waals surface area contributed by atoms with Crippen molar-refractivity contribution in [2.24, 2.45) is 0 Å². The van der Waals surface area contributed by atoms with Crippen LogP contribution in [-0.2, 0) is 25.7 Å². The summed E-state index contributed by atoms with van der Waals surface area (Å²) in [6.45, 7) is 6.18. The number of hydrogen-bond donors (Lipinski definition) is 1. The average molecular weight is 500 g/mol. The van der Waals surface area contributed by atoms with E-state index in [1.165, 1.54) is 9.80 Å². The van der Waals surface area contributed by atoms with Crippen LogP contribution < -0.4 is 0 Å². The van der Waals surface area contributed by atoms with Gasteiger partial charge in [-0.15, -0.1) is 12.6 Å². The predicted octanol–water partition coefficient (Wildman–Crippen LogP) is 3.62. The molecule has 2 fully saturated rings. The van der Waals surface area contributed by atoms with Crippen LogP contribution in [0, 0.1) is 0 Å². The molecule has 33 heavy (non-hydrogen) atoms. The van der Waals surface area contributed by atoms with Crippen molar-refractivity contribution in [1.82, 2.24) is 14.9 Å². The van der Waals surface area contributed by atoms with Gasteiger partial charge in [0, 0.05) is 13.1 Å². The third-order valence-electron chi connectivity index (χ3n) is 5.34. The van der Waals surface area contributed by atoms with E-state index >= 15 is 0 Å². The maximum Gasteiger partial charge on any atom is 0.411 e. The normalized spacial score (nSPS) is 23.4. The van der Waals surface area contributed by atoms with E-state index in [-0.39, 0.29) is 19.1 Å². The maximum atomic E-state index is 13.2. The number of nitrogens with zero attached hydrogens (tertiary/aromatic N) is 3. The zero-order valence-electron chi connectivity index (χ0n) is 19.0. The summed E-state index contributed by atoms with van der Waals surface area (Å²) in [5.41, 5.74) is -0.556. The molecule has 3 atom stereocenters. The molecule has 3 amide bonds. The van der Waals surface area contributed by atoms with Crippen LogP contribution in [0.15, 0.2) is 30.3 Å². The van der Waals surface area contributed by atoms with E-state index in [2.05, 4.69) is 12.6 Å². The Bertz CT molecular complexity index is 852. The smallest absolute Gasteiger partial charge is 0.411 e. The number of ether oxygens (including phenoxy) is 2. The molecule has 2 aliphatic heterocycles. The molecule has 3 rings (SSSR count). The van der Waals surface area contributed by atoms with Crippen molar-refractivity contribution < 1.29 is 28.7 Å². The van der Waals surface area contributed by atoms with Crippen molar-refractivity contribution in [1.29, 1.82) is 0 Å². The molecular formula is C22H30ClN3O6S. The number of hydrogen-bond acceptors (Lipinski definition) is 7. The topological polar surface area (TPSA) is 88.6 Å². The van der Waals surface area contributed by atoms with Gasteiger partial charge in [0.05, 0.1) is 12.6 Å². The molecule has 0 aromatic heterocycles. The molecule has 1 aromatic carbocycles. The van der Waals surface area contributed by atoms with Gasteiger partial charge in [0.25, 0.3) is 0 Å². The summed E-state index contributed by atoms with van der Waals surface area (Å²) in [5.74, 6) is -0.272. The lowest BCUT2D eigenvalue weighted by molar-refractivity contribution is -0.164. The van der Waals surface area contributed by atoms with Crippen LogP contribution in [0.25, 0.3) is 0 Å². The van der Waals surface area contributed by atoms with Gasteiger partial charge in [-0.1, -0.05) is 30.3 Å². The highest BCUT2D eigenvalue weighted by Gasteiger charge is 2.44. The monoisotopic (exact) mass is 499 g/mol. The SMILES string of the molecule is CC(C)(C)OC(=O)N1C[C@H](N(OCc2ccccc2)C(=O)Cl)CC[C@H]1C(=O)N1CCOC1S. The van der Waals surface area contributed by atoms with Crippen molar-refractivity contribution in [3.63, 3.8) is 0 Å². The van der Waals surface area contributed by atoms with Crippen LogP contribution in [0.4, 0.5) is 9.59 Å². The fourth-order valence-electron chi connectivity index (χ4n) is 3.81. The van der Waals surface area contributed by atoms with Crippen molar-refractivity contribution >= 4 is 41.6 Å². The van der Waals surface area contributed by atoms with Crippen LogP contribution in [0.5, 0.6) is 0 Å². The number of piperidine rings is 1. The summed E-state index contributed by atoms with van der Waals surface area (Å²) in [6, 6.07) is 8.03. The van der Waals surface area contributed by atoms with Crippen LogP contribution >= 0.6 is 24.2 Å². The molecule has 182 valence electrons. The van der Waals surface area contributed by atoms with E-state index in [9.17, 15) is 14.4 Å². The van der Waals surface area contributed by atoms with Gasteiger partial charge in [-0.2, -0.15) is 0 Å². The zero-order chi connectivity index (χ0) is 24.2. The Morgan fingerprint density at radius 2 is 1.88 bits per heavy atom. The highest BCUT2D eigenvalue weighted by Crippen LogP contribution is 2.28. The second-order valence-electron chi connectivity index (χ2n) is 8.95. The van der Waals surface area contributed by atoms with Gasteiger partial charge >= 0.3 is 11.5 Å².